The number of rotatable bonds is 10. The van der Waals surface area contributed by atoms with Gasteiger partial charge in [0.2, 0.25) is 0 Å². The first-order chi connectivity index (χ1) is 15.5. The van der Waals surface area contributed by atoms with E-state index >= 15 is 0 Å². The lowest BCUT2D eigenvalue weighted by atomic mass is 10.1. The zero-order valence-corrected chi connectivity index (χ0v) is 18.0. The fourth-order valence-electron chi connectivity index (χ4n) is 3.12. The molecule has 0 spiro atoms. The minimum Gasteiger partial charge on any atom is -0.490 e. The van der Waals surface area contributed by atoms with E-state index in [1.165, 1.54) is 12.1 Å². The summed E-state index contributed by atoms with van der Waals surface area (Å²) in [5, 5.41) is 9.26. The average molecular weight is 437 g/mol. The van der Waals surface area contributed by atoms with Gasteiger partial charge in [-0.1, -0.05) is 43.0 Å². The summed E-state index contributed by atoms with van der Waals surface area (Å²) in [4.78, 5) is 8.46. The van der Waals surface area contributed by atoms with E-state index in [4.69, 9.17) is 4.74 Å². The highest BCUT2D eigenvalue weighted by molar-refractivity contribution is 5.65. The van der Waals surface area contributed by atoms with E-state index in [9.17, 15) is 13.9 Å². The first-order valence-electron chi connectivity index (χ1n) is 10.5. The molecule has 1 atom stereocenters. The molecule has 0 aliphatic rings. The second-order valence-electron chi connectivity index (χ2n) is 7.43. The van der Waals surface area contributed by atoms with Crippen molar-refractivity contribution in [1.29, 1.82) is 0 Å². The molecular weight excluding hydrogens is 410 g/mol. The molecule has 6 heteroatoms. The zero-order valence-electron chi connectivity index (χ0n) is 18.0. The second-order valence-corrected chi connectivity index (χ2v) is 7.43. The topological polar surface area (TPSA) is 55.2 Å². The molecule has 3 aromatic rings. The van der Waals surface area contributed by atoms with Crippen LogP contribution in [0.5, 0.6) is 5.75 Å². The summed E-state index contributed by atoms with van der Waals surface area (Å²) in [5.74, 6) is -1.07. The molecule has 0 amide bonds. The predicted molar refractivity (Wildman–Crippen MR) is 123 cm³/mol. The number of aliphatic hydroxyl groups is 1. The van der Waals surface area contributed by atoms with E-state index in [2.05, 4.69) is 16.5 Å². The van der Waals surface area contributed by atoms with Crippen molar-refractivity contribution in [1.82, 2.24) is 9.97 Å². The van der Waals surface area contributed by atoms with Crippen molar-refractivity contribution in [3.63, 3.8) is 0 Å². The van der Waals surface area contributed by atoms with E-state index in [0.717, 1.165) is 23.3 Å². The Morgan fingerprint density at radius 3 is 2.41 bits per heavy atom. The first kappa shape index (κ1) is 23.3. The number of aromatic nitrogens is 2. The van der Waals surface area contributed by atoms with E-state index in [0.29, 0.717) is 19.4 Å². The Bertz CT molecular complexity index is 1060. The second kappa shape index (κ2) is 11.3. The van der Waals surface area contributed by atoms with Gasteiger partial charge in [0.1, 0.15) is 12.4 Å². The molecule has 0 bridgehead atoms. The highest BCUT2D eigenvalue weighted by Crippen LogP contribution is 2.27. The number of ether oxygens (including phenoxy) is 1. The van der Waals surface area contributed by atoms with Crippen LogP contribution < -0.4 is 4.74 Å². The number of unbranched alkanes of at least 4 members (excludes halogenated alkanes) is 1. The highest BCUT2D eigenvalue weighted by Gasteiger charge is 2.15. The van der Waals surface area contributed by atoms with Crippen molar-refractivity contribution in [3.8, 4) is 28.3 Å². The van der Waals surface area contributed by atoms with Crippen LogP contribution in [0.15, 0.2) is 67.5 Å². The van der Waals surface area contributed by atoms with Gasteiger partial charge in [0.05, 0.1) is 11.7 Å². The van der Waals surface area contributed by atoms with Gasteiger partial charge in [-0.15, -0.1) is 0 Å². The number of nitrogens with zero attached hydrogens (tertiary/aromatic N) is 2. The number of hydrogen-bond acceptors (Lipinski definition) is 4. The van der Waals surface area contributed by atoms with Gasteiger partial charge in [0.15, 0.2) is 17.5 Å². The van der Waals surface area contributed by atoms with Gasteiger partial charge in [-0.25, -0.2) is 18.7 Å². The fraction of sp³-hybridized carbons (Fsp3) is 0.231. The van der Waals surface area contributed by atoms with E-state index in [1.807, 2.05) is 24.3 Å². The van der Waals surface area contributed by atoms with Crippen LogP contribution in [0.4, 0.5) is 8.78 Å². The largest absolute Gasteiger partial charge is 0.490 e. The Morgan fingerprint density at radius 1 is 1.03 bits per heavy atom. The SMILES string of the molecule is C=CCOc1ccc(-c2cnc(-c3ccc(C=CCCCC(C)O)c(F)c3F)nc2)cc1. The minimum atomic E-state index is -0.979. The minimum absolute atomic E-state index is 0.00785. The molecule has 0 saturated heterocycles. The summed E-state index contributed by atoms with van der Waals surface area (Å²) >= 11 is 0. The van der Waals surface area contributed by atoms with Crippen molar-refractivity contribution in [3.05, 3.63) is 84.7 Å². The van der Waals surface area contributed by atoms with Gasteiger partial charge >= 0.3 is 0 Å². The Hall–Kier alpha value is -3.38. The third-order valence-corrected chi connectivity index (χ3v) is 4.85. The summed E-state index contributed by atoms with van der Waals surface area (Å²) in [6.07, 6.45) is 9.92. The predicted octanol–water partition coefficient (Wildman–Crippen LogP) is 6.22. The van der Waals surface area contributed by atoms with Crippen molar-refractivity contribution in [2.24, 2.45) is 0 Å². The van der Waals surface area contributed by atoms with Gasteiger partial charge in [-0.05, 0) is 49.9 Å². The summed E-state index contributed by atoms with van der Waals surface area (Å²) in [5.41, 5.74) is 1.80. The molecule has 2 aromatic carbocycles. The van der Waals surface area contributed by atoms with Crippen LogP contribution in [0.25, 0.3) is 28.6 Å². The Kier molecular flexibility index (Phi) is 8.22. The van der Waals surface area contributed by atoms with Crippen molar-refractivity contribution in [2.75, 3.05) is 6.61 Å². The van der Waals surface area contributed by atoms with Crippen LogP contribution >= 0.6 is 0 Å². The van der Waals surface area contributed by atoms with Gasteiger partial charge < -0.3 is 9.84 Å². The Morgan fingerprint density at radius 2 is 1.75 bits per heavy atom. The molecule has 1 N–H and O–H groups in total. The fourth-order valence-corrected chi connectivity index (χ4v) is 3.12. The van der Waals surface area contributed by atoms with Crippen LogP contribution in [-0.2, 0) is 0 Å². The molecule has 0 aliphatic carbocycles. The van der Waals surface area contributed by atoms with Crippen LogP contribution in [0.1, 0.15) is 31.7 Å². The molecule has 0 aliphatic heterocycles. The molecular formula is C26H26F2N2O2. The average Bonchev–Trinajstić information content (AvgIpc) is 2.80. The lowest BCUT2D eigenvalue weighted by molar-refractivity contribution is 0.182. The van der Waals surface area contributed by atoms with Crippen molar-refractivity contribution in [2.45, 2.75) is 32.3 Å². The maximum absolute atomic E-state index is 14.7. The standard InChI is InChI=1S/C26H26F2N2O2/c1-3-15-32-22-12-9-19(10-13-22)21-16-29-26(30-17-21)23-14-11-20(24(27)25(23)28)8-6-4-5-7-18(2)31/h3,6,8-14,16-18,31H,1,4-5,7,15H2,2H3. The van der Waals surface area contributed by atoms with Gasteiger partial charge in [-0.3, -0.25) is 0 Å². The Labute approximate surface area is 186 Å². The molecule has 166 valence electrons. The summed E-state index contributed by atoms with van der Waals surface area (Å²) in [6.45, 7) is 5.76. The highest BCUT2D eigenvalue weighted by atomic mass is 19.2. The van der Waals surface area contributed by atoms with Crippen LogP contribution in [0.3, 0.4) is 0 Å². The van der Waals surface area contributed by atoms with Crippen LogP contribution in [0.2, 0.25) is 0 Å². The van der Waals surface area contributed by atoms with Crippen molar-refractivity contribution < 1.29 is 18.6 Å². The van der Waals surface area contributed by atoms with E-state index < -0.39 is 11.6 Å². The van der Waals surface area contributed by atoms with Gasteiger partial charge in [-0.2, -0.15) is 0 Å². The van der Waals surface area contributed by atoms with Gasteiger partial charge in [0, 0.05) is 23.5 Å². The molecule has 3 rings (SSSR count). The van der Waals surface area contributed by atoms with E-state index in [1.54, 1.807) is 37.5 Å². The number of benzene rings is 2. The molecule has 0 saturated carbocycles. The molecule has 1 aromatic heterocycles. The molecule has 4 nitrogen and oxygen atoms in total. The molecule has 1 heterocycles. The third kappa shape index (κ3) is 6.08. The monoisotopic (exact) mass is 436 g/mol. The number of aliphatic hydroxyl groups excluding tert-OH is 1. The smallest absolute Gasteiger partial charge is 0.170 e. The Balaban J connectivity index is 1.72. The van der Waals surface area contributed by atoms with Crippen molar-refractivity contribution >= 4 is 6.08 Å². The number of halogens is 2. The first-order valence-corrected chi connectivity index (χ1v) is 10.5. The third-order valence-electron chi connectivity index (χ3n) is 4.85. The lowest BCUT2D eigenvalue weighted by Gasteiger charge is -2.07. The molecule has 0 fully saturated rings. The molecule has 0 radical (unpaired) electrons. The maximum Gasteiger partial charge on any atom is 0.170 e. The number of hydrogen-bond donors (Lipinski definition) is 1. The zero-order chi connectivity index (χ0) is 22.9. The lowest BCUT2D eigenvalue weighted by Crippen LogP contribution is -1.98. The molecule has 1 unspecified atom stereocenters. The quantitative estimate of drug-likeness (QED) is 0.303. The van der Waals surface area contributed by atoms with Crippen LogP contribution in [0, 0.1) is 11.6 Å². The summed E-state index contributed by atoms with van der Waals surface area (Å²) < 4.78 is 34.6. The maximum atomic E-state index is 14.7. The summed E-state index contributed by atoms with van der Waals surface area (Å²) in [6, 6.07) is 10.4. The van der Waals surface area contributed by atoms with Crippen LogP contribution in [-0.4, -0.2) is 27.8 Å². The molecule has 32 heavy (non-hydrogen) atoms. The summed E-state index contributed by atoms with van der Waals surface area (Å²) in [7, 11) is 0. The van der Waals surface area contributed by atoms with Gasteiger partial charge in [0.25, 0.3) is 0 Å². The number of allylic oxidation sites excluding steroid dienone is 1. The van der Waals surface area contributed by atoms with E-state index in [-0.39, 0.29) is 23.1 Å². The normalized spacial score (nSPS) is 12.1.